The Balaban J connectivity index is 2.58. The molecule has 0 bridgehead atoms. The molecule has 16 heavy (non-hydrogen) atoms. The zero-order valence-corrected chi connectivity index (χ0v) is 10.7. The summed E-state index contributed by atoms with van der Waals surface area (Å²) in [6.07, 6.45) is 0. The Labute approximate surface area is 104 Å². The van der Waals surface area contributed by atoms with E-state index in [1.807, 2.05) is 43.5 Å². The van der Waals surface area contributed by atoms with Gasteiger partial charge in [-0.05, 0) is 31.0 Å². The lowest BCUT2D eigenvalue weighted by Crippen LogP contribution is -1.90. The summed E-state index contributed by atoms with van der Waals surface area (Å²) in [6, 6.07) is 8.12. The van der Waals surface area contributed by atoms with Crippen molar-refractivity contribution in [3.63, 3.8) is 0 Å². The molecule has 0 radical (unpaired) electrons. The summed E-state index contributed by atoms with van der Waals surface area (Å²) in [6.45, 7) is 4.04. The maximum Gasteiger partial charge on any atom is 0.253 e. The Hall–Kier alpha value is -1.12. The van der Waals surface area contributed by atoms with Crippen molar-refractivity contribution in [1.82, 2.24) is 0 Å². The van der Waals surface area contributed by atoms with Gasteiger partial charge in [-0.2, -0.15) is 0 Å². The third kappa shape index (κ3) is 2.04. The first-order chi connectivity index (χ1) is 7.59. The molecule has 0 aliphatic rings. The Morgan fingerprint density at radius 3 is 2.38 bits per heavy atom. The van der Waals surface area contributed by atoms with E-state index in [0.717, 1.165) is 16.0 Å². The van der Waals surface area contributed by atoms with Crippen LogP contribution in [0.4, 0.5) is 0 Å². The predicted octanol–water partition coefficient (Wildman–Crippen LogP) is 4.41. The lowest BCUT2D eigenvalue weighted by Gasteiger charge is -2.03. The van der Waals surface area contributed by atoms with Crippen LogP contribution in [0, 0.1) is 13.8 Å². The monoisotopic (exact) mass is 250 g/mol. The zero-order valence-electron chi connectivity index (χ0n) is 9.08. The van der Waals surface area contributed by atoms with Gasteiger partial charge in [0.1, 0.15) is 0 Å². The number of halogens is 1. The Bertz CT molecular complexity index is 525. The second-order valence-electron chi connectivity index (χ2n) is 3.72. The van der Waals surface area contributed by atoms with Gasteiger partial charge in [-0.25, -0.2) is 0 Å². The summed E-state index contributed by atoms with van der Waals surface area (Å²) in [5.41, 5.74) is 3.82. The topological polar surface area (TPSA) is 17.1 Å². The summed E-state index contributed by atoms with van der Waals surface area (Å²) in [5.74, 6) is 0. The molecule has 2 rings (SSSR count). The molecule has 1 aromatic carbocycles. The third-order valence-corrected chi connectivity index (χ3v) is 3.64. The van der Waals surface area contributed by atoms with E-state index in [-0.39, 0.29) is 5.24 Å². The Kier molecular flexibility index (Phi) is 3.13. The van der Waals surface area contributed by atoms with Crippen LogP contribution >= 0.6 is 22.9 Å². The second kappa shape index (κ2) is 4.40. The van der Waals surface area contributed by atoms with Crippen LogP contribution in [0.25, 0.3) is 11.1 Å². The smallest absolute Gasteiger partial charge is 0.253 e. The quantitative estimate of drug-likeness (QED) is 0.722. The van der Waals surface area contributed by atoms with Crippen LogP contribution in [0.2, 0.25) is 0 Å². The fraction of sp³-hybridized carbons (Fsp3) is 0.154. The van der Waals surface area contributed by atoms with Crippen molar-refractivity contribution in [3.8, 4) is 11.1 Å². The van der Waals surface area contributed by atoms with Gasteiger partial charge in [-0.3, -0.25) is 4.79 Å². The maximum atomic E-state index is 11.3. The predicted molar refractivity (Wildman–Crippen MR) is 69.4 cm³/mol. The van der Waals surface area contributed by atoms with Gasteiger partial charge in [0, 0.05) is 15.8 Å². The van der Waals surface area contributed by atoms with E-state index in [2.05, 4.69) is 0 Å². The van der Waals surface area contributed by atoms with Gasteiger partial charge in [-0.1, -0.05) is 29.8 Å². The third-order valence-electron chi connectivity index (χ3n) is 2.53. The van der Waals surface area contributed by atoms with Gasteiger partial charge < -0.3 is 0 Å². The molecule has 0 fully saturated rings. The maximum absolute atomic E-state index is 11.3. The highest BCUT2D eigenvalue weighted by Gasteiger charge is 2.15. The first kappa shape index (κ1) is 11.4. The van der Waals surface area contributed by atoms with E-state index in [0.29, 0.717) is 5.56 Å². The number of hydrogen-bond donors (Lipinski definition) is 0. The van der Waals surface area contributed by atoms with Crippen LogP contribution in [-0.4, -0.2) is 5.24 Å². The molecule has 0 aliphatic carbocycles. The molecule has 0 spiro atoms. The number of carbonyl (C=O) groups is 1. The van der Waals surface area contributed by atoms with Crippen LogP contribution < -0.4 is 0 Å². The Morgan fingerprint density at radius 1 is 1.19 bits per heavy atom. The average molecular weight is 251 g/mol. The van der Waals surface area contributed by atoms with Gasteiger partial charge in [0.25, 0.3) is 5.24 Å². The summed E-state index contributed by atoms with van der Waals surface area (Å²) in [5, 5.41) is 1.43. The minimum absolute atomic E-state index is 0.389. The second-order valence-corrected chi connectivity index (χ2v) is 5.15. The van der Waals surface area contributed by atoms with E-state index in [1.165, 1.54) is 5.56 Å². The molecular weight excluding hydrogens is 240 g/mol. The van der Waals surface area contributed by atoms with Crippen molar-refractivity contribution in [3.05, 3.63) is 45.6 Å². The highest BCUT2D eigenvalue weighted by molar-refractivity contribution is 7.11. The summed E-state index contributed by atoms with van der Waals surface area (Å²) in [7, 11) is 0. The molecule has 0 unspecified atom stereocenters. The van der Waals surface area contributed by atoms with E-state index < -0.39 is 0 Å². The summed E-state index contributed by atoms with van der Waals surface area (Å²) >= 11 is 7.12. The van der Waals surface area contributed by atoms with Crippen LogP contribution in [0.15, 0.2) is 29.6 Å². The highest BCUT2D eigenvalue weighted by atomic mass is 35.5. The van der Waals surface area contributed by atoms with E-state index in [1.54, 1.807) is 11.3 Å². The molecule has 0 saturated carbocycles. The molecule has 0 atom stereocenters. The van der Waals surface area contributed by atoms with Crippen molar-refractivity contribution < 1.29 is 4.79 Å². The fourth-order valence-corrected chi connectivity index (χ4v) is 2.76. The van der Waals surface area contributed by atoms with Gasteiger partial charge in [-0.15, -0.1) is 11.3 Å². The SMILES string of the molecule is Cc1ccc(-c2c(C(=O)Cl)csc2C)cc1. The lowest BCUT2D eigenvalue weighted by atomic mass is 10.0. The molecule has 3 heteroatoms. The van der Waals surface area contributed by atoms with Gasteiger partial charge >= 0.3 is 0 Å². The van der Waals surface area contributed by atoms with Crippen LogP contribution in [0.1, 0.15) is 20.8 Å². The molecule has 2 aromatic rings. The molecule has 82 valence electrons. The molecule has 0 amide bonds. The van der Waals surface area contributed by atoms with Gasteiger partial charge in [0.15, 0.2) is 0 Å². The first-order valence-electron chi connectivity index (χ1n) is 4.94. The van der Waals surface area contributed by atoms with Crippen LogP contribution in [-0.2, 0) is 0 Å². The number of benzene rings is 1. The summed E-state index contributed by atoms with van der Waals surface area (Å²) < 4.78 is 0. The Morgan fingerprint density at radius 2 is 1.81 bits per heavy atom. The fourth-order valence-electron chi connectivity index (χ4n) is 1.68. The van der Waals surface area contributed by atoms with E-state index in [9.17, 15) is 4.79 Å². The lowest BCUT2D eigenvalue weighted by molar-refractivity contribution is 0.108. The molecule has 0 aliphatic heterocycles. The first-order valence-corrected chi connectivity index (χ1v) is 6.20. The molecule has 1 aromatic heterocycles. The van der Waals surface area contributed by atoms with Crippen LogP contribution in [0.5, 0.6) is 0 Å². The number of aryl methyl sites for hydroxylation is 2. The number of thiophene rings is 1. The molecule has 0 N–H and O–H groups in total. The minimum Gasteiger partial charge on any atom is -0.276 e. The minimum atomic E-state index is -0.389. The standard InChI is InChI=1S/C13H11ClOS/c1-8-3-5-10(6-4-8)12-9(2)16-7-11(12)13(14)15/h3-7H,1-2H3. The molecular formula is C13H11ClOS. The average Bonchev–Trinajstić information content (AvgIpc) is 2.62. The number of hydrogen-bond acceptors (Lipinski definition) is 2. The normalized spacial score (nSPS) is 10.4. The van der Waals surface area contributed by atoms with Crippen molar-refractivity contribution in [2.45, 2.75) is 13.8 Å². The molecule has 0 saturated heterocycles. The van der Waals surface area contributed by atoms with Crippen LogP contribution in [0.3, 0.4) is 0 Å². The highest BCUT2D eigenvalue weighted by Crippen LogP contribution is 2.33. The molecule has 1 heterocycles. The van der Waals surface area contributed by atoms with E-state index in [4.69, 9.17) is 11.6 Å². The molecule has 1 nitrogen and oxygen atoms in total. The van der Waals surface area contributed by atoms with E-state index >= 15 is 0 Å². The van der Waals surface area contributed by atoms with Crippen molar-refractivity contribution in [1.29, 1.82) is 0 Å². The van der Waals surface area contributed by atoms with Crippen molar-refractivity contribution >= 4 is 28.2 Å². The van der Waals surface area contributed by atoms with Gasteiger partial charge in [0.2, 0.25) is 0 Å². The number of rotatable bonds is 2. The van der Waals surface area contributed by atoms with Crippen molar-refractivity contribution in [2.24, 2.45) is 0 Å². The number of carbonyl (C=O) groups excluding carboxylic acids is 1. The van der Waals surface area contributed by atoms with Gasteiger partial charge in [0.05, 0.1) is 5.56 Å². The largest absolute Gasteiger partial charge is 0.276 e. The zero-order chi connectivity index (χ0) is 11.7. The summed E-state index contributed by atoms with van der Waals surface area (Å²) in [4.78, 5) is 12.4. The van der Waals surface area contributed by atoms with Crippen molar-refractivity contribution in [2.75, 3.05) is 0 Å².